The third-order valence-corrected chi connectivity index (χ3v) is 16.0. The number of carboxylic acids is 2. The smallest absolute Gasteiger partial charge is 0.334 e. The van der Waals surface area contributed by atoms with Gasteiger partial charge in [-0.15, -0.1) is 0 Å². The lowest BCUT2D eigenvalue weighted by Gasteiger charge is -2.36. The predicted octanol–water partition coefficient (Wildman–Crippen LogP) is 5.30. The SMILES string of the molecule is C=Cc1c(C)c2cc3nc(cc4[nH]c(cc5nc(cc1[nH]2)C(C)=C5CCC(=O)NC(CCCN=C(N)N)C(=O)CCC(=O)NC(CC(=O)O)C(=O)C[C@@H](CCCN=C(C)N)C(=O)O)c(CCC(=O)OC)c4C)[C@@]1(C)C3=CC=C(C(=O)OC)C1C(=O)OC. The first kappa shape index (κ1) is 66.6. The average Bonchev–Trinajstić information content (AvgIpc) is 1.63. The number of allylic oxidation sites excluding steroid dienone is 5. The van der Waals surface area contributed by atoms with Crippen LogP contribution < -0.4 is 27.8 Å². The van der Waals surface area contributed by atoms with Crippen molar-refractivity contribution in [1.82, 2.24) is 30.6 Å². The number of ether oxygens (including phenoxy) is 3. The molecule has 8 bridgehead atoms. The minimum atomic E-state index is -1.59. The fraction of sp³-hybridized carbons (Fsp3) is 0.435. The topological polar surface area (TPSA) is 406 Å². The number of nitrogens with one attached hydrogen (secondary N) is 4. The zero-order chi connectivity index (χ0) is 64.0. The zero-order valence-corrected chi connectivity index (χ0v) is 50.3. The molecule has 464 valence electrons. The van der Waals surface area contributed by atoms with Crippen LogP contribution >= 0.6 is 0 Å². The lowest BCUT2D eigenvalue weighted by atomic mass is 9.64. The molecule has 6 rings (SSSR count). The quantitative estimate of drug-likeness (QED) is 0.0140. The van der Waals surface area contributed by atoms with Gasteiger partial charge in [-0.05, 0) is 131 Å². The van der Waals surface area contributed by atoms with Crippen molar-refractivity contribution >= 4 is 110 Å². The van der Waals surface area contributed by atoms with Gasteiger partial charge < -0.3 is 62.2 Å². The van der Waals surface area contributed by atoms with Crippen LogP contribution in [0.4, 0.5) is 0 Å². The second-order valence-corrected chi connectivity index (χ2v) is 21.7. The Labute approximate surface area is 502 Å². The van der Waals surface area contributed by atoms with E-state index in [1.165, 1.54) is 21.3 Å². The highest BCUT2D eigenvalue weighted by Gasteiger charge is 2.53. The Morgan fingerprint density at radius 3 is 2.01 bits per heavy atom. The second-order valence-electron chi connectivity index (χ2n) is 21.7. The summed E-state index contributed by atoms with van der Waals surface area (Å²) in [5.74, 6) is -9.57. The van der Waals surface area contributed by atoms with Crippen molar-refractivity contribution in [3.05, 3.63) is 93.6 Å². The van der Waals surface area contributed by atoms with Crippen molar-refractivity contribution in [2.24, 2.45) is 39.0 Å². The zero-order valence-electron chi connectivity index (χ0n) is 50.3. The van der Waals surface area contributed by atoms with Crippen LogP contribution in [0.1, 0.15) is 136 Å². The molecule has 5 atom stereocenters. The van der Waals surface area contributed by atoms with Crippen LogP contribution in [-0.2, 0) is 69.2 Å². The average molecular weight is 1200 g/mol. The number of amidine groups is 1. The van der Waals surface area contributed by atoms with Gasteiger partial charge in [0.1, 0.15) is 5.92 Å². The number of fused-ring (bicyclic) bond motifs is 11. The molecule has 0 spiro atoms. The summed E-state index contributed by atoms with van der Waals surface area (Å²) in [5, 5.41) is 24.6. The van der Waals surface area contributed by atoms with Crippen LogP contribution in [0.3, 0.4) is 0 Å². The monoisotopic (exact) mass is 1200 g/mol. The number of aliphatic carboxylic acids is 2. The van der Waals surface area contributed by atoms with Gasteiger partial charge in [-0.2, -0.15) is 0 Å². The molecular weight excluding hydrogens is 1120 g/mol. The number of nitrogens with zero attached hydrogens (tertiary/aromatic N) is 4. The third kappa shape index (κ3) is 16.1. The molecule has 0 fully saturated rings. The number of Topliss-reactive ketones (excluding diaryl/α,β-unsaturated/α-hetero) is 2. The van der Waals surface area contributed by atoms with Crippen molar-refractivity contribution < 1.29 is 67.6 Å². The number of methoxy groups -OCH3 is 3. The molecule has 3 aromatic rings. The number of hydrogen-bond acceptors (Lipinski definition) is 16. The number of ketones is 2. The molecule has 1 aliphatic carbocycles. The van der Waals surface area contributed by atoms with Crippen LogP contribution in [0, 0.1) is 25.7 Å². The van der Waals surface area contributed by atoms with E-state index < -0.39 is 108 Å². The number of H-pyrrole nitrogens is 2. The Morgan fingerprint density at radius 1 is 0.724 bits per heavy atom. The molecule has 25 heteroatoms. The standard InChI is InChI=1S/C62H77N11O14/c1-10-36-31(2)43-27-48-40-18-15-39(59(83)86-8)57(60(84)87-9)62(40,6)52(71-48)29-44-33(4)38(17-22-56(80)85-7)47(70-44)28-46-37(32(3)42(69-46)26-45(36)68-43)16-20-53(76)72-41(14-12-24-67-61(64)65)50(74)19-21-54(77)73-49(30-55(78)79)51(75)25-35(58(81)82)13-11-23-66-34(5)63/h10,15,18,26-29,35,41,49,57,68,70H,1,11-14,16-17,19-25,30H2,2-9H3,(H2,63,66)(H,72,76)(H,73,77)(H,78,79)(H,81,82)(H4,64,65,67)/t35-,41?,49?,57?,62-/m1/s1. The number of carboxylic acid groups (broad SMARTS) is 2. The van der Waals surface area contributed by atoms with E-state index in [1.807, 2.05) is 52.0 Å². The summed E-state index contributed by atoms with van der Waals surface area (Å²) < 4.78 is 15.6. The van der Waals surface area contributed by atoms with Gasteiger partial charge in [0, 0.05) is 72.8 Å². The van der Waals surface area contributed by atoms with Crippen LogP contribution in [0.5, 0.6) is 0 Å². The lowest BCUT2D eigenvalue weighted by molar-refractivity contribution is -0.149. The molecule has 0 saturated heterocycles. The summed E-state index contributed by atoms with van der Waals surface area (Å²) in [5.41, 5.74) is 24.9. The van der Waals surface area contributed by atoms with Crippen molar-refractivity contribution in [3.63, 3.8) is 0 Å². The van der Waals surface area contributed by atoms with Gasteiger partial charge in [-0.1, -0.05) is 24.8 Å². The number of esters is 3. The predicted molar refractivity (Wildman–Crippen MR) is 326 cm³/mol. The number of aliphatic imine (C=N–C) groups is 2. The number of aromatic nitrogens is 4. The van der Waals surface area contributed by atoms with E-state index >= 15 is 0 Å². The Hall–Kier alpha value is -9.55. The summed E-state index contributed by atoms with van der Waals surface area (Å²) in [6.45, 7) is 13.5. The number of aromatic amines is 2. The highest BCUT2D eigenvalue weighted by atomic mass is 16.5. The van der Waals surface area contributed by atoms with Gasteiger partial charge in [-0.3, -0.25) is 53.3 Å². The Kier molecular flexibility index (Phi) is 22.6. The number of rotatable bonds is 29. The van der Waals surface area contributed by atoms with Crippen LogP contribution in [0.15, 0.2) is 58.6 Å². The van der Waals surface area contributed by atoms with E-state index in [4.69, 9.17) is 41.4 Å². The van der Waals surface area contributed by atoms with Gasteiger partial charge >= 0.3 is 29.8 Å². The molecule has 25 nitrogen and oxygen atoms in total. The fourth-order valence-electron chi connectivity index (χ4n) is 11.2. The molecule has 0 saturated carbocycles. The summed E-state index contributed by atoms with van der Waals surface area (Å²) in [7, 11) is 3.78. The van der Waals surface area contributed by atoms with Crippen molar-refractivity contribution in [2.45, 2.75) is 129 Å². The maximum atomic E-state index is 14.2. The van der Waals surface area contributed by atoms with Gasteiger partial charge in [-0.25, -0.2) is 9.78 Å². The fourth-order valence-corrected chi connectivity index (χ4v) is 11.2. The van der Waals surface area contributed by atoms with E-state index in [-0.39, 0.29) is 76.0 Å². The number of guanidine groups is 1. The largest absolute Gasteiger partial charge is 0.481 e. The first-order valence-corrected chi connectivity index (χ1v) is 28.4. The van der Waals surface area contributed by atoms with Crippen LogP contribution in [-0.4, -0.2) is 142 Å². The summed E-state index contributed by atoms with van der Waals surface area (Å²) in [6, 6.07) is 4.64. The lowest BCUT2D eigenvalue weighted by Crippen LogP contribution is -2.44. The number of carbonyl (C=O) groups is 9. The highest BCUT2D eigenvalue weighted by Crippen LogP contribution is 2.52. The normalized spacial score (nSPS) is 16.4. The van der Waals surface area contributed by atoms with Crippen molar-refractivity contribution in [2.75, 3.05) is 34.4 Å². The van der Waals surface area contributed by atoms with Crippen LogP contribution in [0.2, 0.25) is 0 Å². The minimum absolute atomic E-state index is 0.00728. The summed E-state index contributed by atoms with van der Waals surface area (Å²) in [6.07, 6.45) is 3.48. The van der Waals surface area contributed by atoms with E-state index in [0.29, 0.717) is 61.8 Å². The number of carbonyl (C=O) groups excluding carboxylic acids is 7. The van der Waals surface area contributed by atoms with E-state index in [0.717, 1.165) is 27.8 Å². The molecule has 3 aliphatic rings. The van der Waals surface area contributed by atoms with Gasteiger partial charge in [0.25, 0.3) is 0 Å². The number of amides is 2. The summed E-state index contributed by atoms with van der Waals surface area (Å²) >= 11 is 0. The Balaban J connectivity index is 1.36. The molecule has 2 amide bonds. The number of nitrogens with two attached hydrogens (primary N) is 3. The molecule has 12 N–H and O–H groups in total. The molecule has 87 heavy (non-hydrogen) atoms. The number of aryl methyl sites for hydroxylation is 3. The van der Waals surface area contributed by atoms with E-state index in [1.54, 1.807) is 25.2 Å². The van der Waals surface area contributed by atoms with E-state index in [9.17, 15) is 53.4 Å². The van der Waals surface area contributed by atoms with E-state index in [2.05, 4.69) is 37.2 Å². The first-order chi connectivity index (χ1) is 41.3. The third-order valence-electron chi connectivity index (χ3n) is 16.0. The maximum Gasteiger partial charge on any atom is 0.334 e. The van der Waals surface area contributed by atoms with Gasteiger partial charge in [0.05, 0.1) is 85.4 Å². The first-order valence-electron chi connectivity index (χ1n) is 28.4. The maximum absolute atomic E-state index is 14.2. The van der Waals surface area contributed by atoms with Gasteiger partial charge in [0.15, 0.2) is 17.5 Å². The van der Waals surface area contributed by atoms with Gasteiger partial charge in [0.2, 0.25) is 11.8 Å². The summed E-state index contributed by atoms with van der Waals surface area (Å²) in [4.78, 5) is 144. The molecule has 3 unspecified atom stereocenters. The second kappa shape index (κ2) is 29.5. The molecule has 0 radical (unpaired) electrons. The molecular formula is C62H77N11O14. The molecule has 5 heterocycles. The Morgan fingerprint density at radius 2 is 1.37 bits per heavy atom. The molecule has 2 aliphatic heterocycles. The highest BCUT2D eigenvalue weighted by molar-refractivity contribution is 6.02. The molecule has 0 aromatic carbocycles. The van der Waals surface area contributed by atoms with Crippen LogP contribution in [0.25, 0.3) is 44.9 Å². The minimum Gasteiger partial charge on any atom is -0.481 e. The molecule has 3 aromatic heterocycles. The number of hydrogen-bond donors (Lipinski definition) is 9. The van der Waals surface area contributed by atoms with Crippen molar-refractivity contribution in [3.8, 4) is 0 Å². The van der Waals surface area contributed by atoms with Crippen molar-refractivity contribution in [1.29, 1.82) is 0 Å². The Bertz CT molecular complexity index is 3600.